The molecule has 0 saturated carbocycles. The van der Waals surface area contributed by atoms with E-state index in [0.717, 1.165) is 10.4 Å². The molecule has 2 rings (SSSR count). The molecule has 2 heterocycles. The number of hydrogen-bond acceptors (Lipinski definition) is 5. The third-order valence-corrected chi connectivity index (χ3v) is 2.50. The van der Waals surface area contributed by atoms with Crippen LogP contribution in [0.25, 0.3) is 10.8 Å². The van der Waals surface area contributed by atoms with Gasteiger partial charge in [0.15, 0.2) is 6.07 Å². The van der Waals surface area contributed by atoms with Crippen molar-refractivity contribution in [2.45, 2.75) is 6.92 Å². The molecule has 64 valence electrons. The Morgan fingerprint density at radius 2 is 2.38 bits per heavy atom. The molecule has 0 atom stereocenters. The van der Waals surface area contributed by atoms with E-state index in [1.54, 1.807) is 6.07 Å². The number of nitriles is 1. The Bertz CT molecular complexity index is 466. The van der Waals surface area contributed by atoms with Crippen LogP contribution in [0.15, 0.2) is 15.9 Å². The summed E-state index contributed by atoms with van der Waals surface area (Å²) in [5.41, 5.74) is 1.15. The Morgan fingerprint density at radius 1 is 1.54 bits per heavy atom. The second kappa shape index (κ2) is 2.99. The zero-order valence-electron chi connectivity index (χ0n) is 6.81. The lowest BCUT2D eigenvalue weighted by molar-refractivity contribution is 0.554. The van der Waals surface area contributed by atoms with Crippen LogP contribution in [-0.2, 0) is 0 Å². The van der Waals surface area contributed by atoms with Crippen molar-refractivity contribution in [1.29, 1.82) is 5.26 Å². The first-order valence-electron chi connectivity index (χ1n) is 3.58. The number of aromatic nitrogens is 2. The van der Waals surface area contributed by atoms with Crippen LogP contribution >= 0.6 is 11.3 Å². The summed E-state index contributed by atoms with van der Waals surface area (Å²) < 4.78 is 5.06. The minimum atomic E-state index is 0.000975. The minimum absolute atomic E-state index is 0.000975. The van der Waals surface area contributed by atoms with E-state index in [1.165, 1.54) is 11.3 Å². The monoisotopic (exact) mass is 191 g/mol. The highest BCUT2D eigenvalue weighted by Gasteiger charge is 2.08. The lowest BCUT2D eigenvalue weighted by Gasteiger charge is -1.82. The quantitative estimate of drug-likeness (QED) is 0.691. The molecular weight excluding hydrogens is 186 g/mol. The number of rotatable bonds is 1. The predicted octanol–water partition coefficient (Wildman–Crippen LogP) is 1.98. The number of hydrogen-bond donors (Lipinski definition) is 0. The molecule has 0 amide bonds. The molecule has 0 aliphatic rings. The van der Waals surface area contributed by atoms with Gasteiger partial charge in [-0.05, 0) is 23.9 Å². The zero-order chi connectivity index (χ0) is 9.26. The molecule has 0 fully saturated rings. The molecule has 0 aliphatic heterocycles. The summed E-state index contributed by atoms with van der Waals surface area (Å²) >= 11 is 1.52. The van der Waals surface area contributed by atoms with Gasteiger partial charge >= 0.3 is 5.89 Å². The summed E-state index contributed by atoms with van der Waals surface area (Å²) in [5.74, 6) is 0.413. The number of nitrogens with zero attached hydrogens (tertiary/aromatic N) is 3. The first-order chi connectivity index (χ1) is 6.29. The van der Waals surface area contributed by atoms with Crippen LogP contribution in [0.1, 0.15) is 11.5 Å². The van der Waals surface area contributed by atoms with Gasteiger partial charge in [0.1, 0.15) is 0 Å². The summed E-state index contributed by atoms with van der Waals surface area (Å²) in [7, 11) is 0. The van der Waals surface area contributed by atoms with E-state index in [0.29, 0.717) is 5.89 Å². The standard InChI is InChI=1S/C8H5N3OS/c1-5-2-6(13-4-5)8-11-10-7(3-9)12-8/h2,4H,1H3. The average molecular weight is 191 g/mol. The highest BCUT2D eigenvalue weighted by Crippen LogP contribution is 2.25. The Kier molecular flexibility index (Phi) is 1.83. The van der Waals surface area contributed by atoms with Gasteiger partial charge in [0.2, 0.25) is 0 Å². The molecule has 0 unspecified atom stereocenters. The summed E-state index contributed by atoms with van der Waals surface area (Å²) in [4.78, 5) is 0.895. The maximum absolute atomic E-state index is 8.46. The van der Waals surface area contributed by atoms with Gasteiger partial charge in [-0.25, -0.2) is 0 Å². The van der Waals surface area contributed by atoms with Crippen LogP contribution in [0.5, 0.6) is 0 Å². The van der Waals surface area contributed by atoms with Crippen molar-refractivity contribution in [3.05, 3.63) is 22.9 Å². The SMILES string of the molecule is Cc1csc(-c2nnc(C#N)o2)c1. The first kappa shape index (κ1) is 7.95. The van der Waals surface area contributed by atoms with Gasteiger partial charge in [-0.1, -0.05) is 5.10 Å². The Balaban J connectivity index is 2.42. The van der Waals surface area contributed by atoms with Crippen LogP contribution in [0, 0.1) is 18.3 Å². The third kappa shape index (κ3) is 1.44. The van der Waals surface area contributed by atoms with Gasteiger partial charge in [-0.15, -0.1) is 16.4 Å². The van der Waals surface area contributed by atoms with E-state index < -0.39 is 0 Å². The predicted molar refractivity (Wildman–Crippen MR) is 47.1 cm³/mol. The normalized spacial score (nSPS) is 9.85. The molecule has 0 radical (unpaired) electrons. The van der Waals surface area contributed by atoms with Gasteiger partial charge in [-0.2, -0.15) is 5.26 Å². The van der Waals surface area contributed by atoms with Crippen LogP contribution in [-0.4, -0.2) is 10.2 Å². The summed E-state index contributed by atoms with van der Waals surface area (Å²) in [6, 6.07) is 3.73. The van der Waals surface area contributed by atoms with E-state index in [-0.39, 0.29) is 5.89 Å². The molecular formula is C8H5N3OS. The fourth-order valence-electron chi connectivity index (χ4n) is 0.911. The molecule has 2 aromatic rings. The second-order valence-corrected chi connectivity index (χ2v) is 3.42. The maximum Gasteiger partial charge on any atom is 0.321 e. The van der Waals surface area contributed by atoms with Gasteiger partial charge in [0.05, 0.1) is 4.88 Å². The van der Waals surface area contributed by atoms with Crippen molar-refractivity contribution in [2.75, 3.05) is 0 Å². The van der Waals surface area contributed by atoms with Crippen LogP contribution in [0.3, 0.4) is 0 Å². The number of aryl methyl sites for hydroxylation is 1. The Hall–Kier alpha value is -1.67. The lowest BCUT2D eigenvalue weighted by Crippen LogP contribution is -1.71. The molecule has 2 aromatic heterocycles. The fraction of sp³-hybridized carbons (Fsp3) is 0.125. The summed E-state index contributed by atoms with van der Waals surface area (Å²) in [5, 5.41) is 17.7. The van der Waals surface area contributed by atoms with E-state index in [1.807, 2.05) is 18.4 Å². The minimum Gasteiger partial charge on any atom is -0.407 e. The van der Waals surface area contributed by atoms with Gasteiger partial charge in [0, 0.05) is 0 Å². The van der Waals surface area contributed by atoms with E-state index in [4.69, 9.17) is 9.68 Å². The highest BCUT2D eigenvalue weighted by atomic mass is 32.1. The van der Waals surface area contributed by atoms with E-state index in [9.17, 15) is 0 Å². The smallest absolute Gasteiger partial charge is 0.321 e. The van der Waals surface area contributed by atoms with Gasteiger partial charge in [0.25, 0.3) is 5.89 Å². The first-order valence-corrected chi connectivity index (χ1v) is 4.46. The van der Waals surface area contributed by atoms with E-state index in [2.05, 4.69) is 10.2 Å². The van der Waals surface area contributed by atoms with Gasteiger partial charge in [-0.3, -0.25) is 0 Å². The molecule has 0 aromatic carbocycles. The van der Waals surface area contributed by atoms with Crippen molar-refractivity contribution < 1.29 is 4.42 Å². The highest BCUT2D eigenvalue weighted by molar-refractivity contribution is 7.13. The molecule has 0 aliphatic carbocycles. The average Bonchev–Trinajstić information content (AvgIpc) is 2.71. The largest absolute Gasteiger partial charge is 0.407 e. The maximum atomic E-state index is 8.46. The lowest BCUT2D eigenvalue weighted by atomic mass is 10.3. The summed E-state index contributed by atoms with van der Waals surface area (Å²) in [6.45, 7) is 1.99. The molecule has 0 spiro atoms. The van der Waals surface area contributed by atoms with Gasteiger partial charge < -0.3 is 4.42 Å². The molecule has 0 bridgehead atoms. The van der Waals surface area contributed by atoms with Crippen molar-refractivity contribution in [3.63, 3.8) is 0 Å². The van der Waals surface area contributed by atoms with Crippen LogP contribution in [0.2, 0.25) is 0 Å². The topological polar surface area (TPSA) is 62.7 Å². The number of thiophene rings is 1. The van der Waals surface area contributed by atoms with Crippen molar-refractivity contribution in [1.82, 2.24) is 10.2 Å². The van der Waals surface area contributed by atoms with Crippen LogP contribution < -0.4 is 0 Å². The second-order valence-electron chi connectivity index (χ2n) is 2.51. The molecule has 4 nitrogen and oxygen atoms in total. The molecule has 5 heteroatoms. The third-order valence-electron chi connectivity index (χ3n) is 1.46. The Morgan fingerprint density at radius 3 is 2.92 bits per heavy atom. The van der Waals surface area contributed by atoms with E-state index >= 15 is 0 Å². The van der Waals surface area contributed by atoms with Crippen molar-refractivity contribution in [2.24, 2.45) is 0 Å². The molecule has 0 saturated heterocycles. The fourth-order valence-corrected chi connectivity index (χ4v) is 1.73. The van der Waals surface area contributed by atoms with Crippen molar-refractivity contribution >= 4 is 11.3 Å². The molecule has 13 heavy (non-hydrogen) atoms. The van der Waals surface area contributed by atoms with Crippen molar-refractivity contribution in [3.8, 4) is 16.8 Å². The summed E-state index contributed by atoms with van der Waals surface area (Å²) in [6.07, 6.45) is 0. The Labute approximate surface area is 78.5 Å². The van der Waals surface area contributed by atoms with Crippen LogP contribution in [0.4, 0.5) is 0 Å². The zero-order valence-corrected chi connectivity index (χ0v) is 7.63. The molecule has 0 N–H and O–H groups in total.